The molecule has 1 atom stereocenters. The number of benzene rings is 2. The van der Waals surface area contributed by atoms with Crippen LogP contribution in [0.15, 0.2) is 65.7 Å². The van der Waals surface area contributed by atoms with Crippen molar-refractivity contribution in [2.75, 3.05) is 11.5 Å². The van der Waals surface area contributed by atoms with Crippen molar-refractivity contribution in [3.05, 3.63) is 82.6 Å². The van der Waals surface area contributed by atoms with Gasteiger partial charge >= 0.3 is 5.91 Å². The molecule has 8 heteroatoms. The first-order valence-electron chi connectivity index (χ1n) is 9.70. The predicted octanol–water partition coefficient (Wildman–Crippen LogP) is 4.70. The number of anilines is 1. The van der Waals surface area contributed by atoms with Crippen LogP contribution in [-0.4, -0.2) is 28.4 Å². The number of nitrogens with zero attached hydrogens (tertiary/aromatic N) is 2. The molecule has 0 radical (unpaired) electrons. The zero-order valence-electron chi connectivity index (χ0n) is 16.6. The Balaban J connectivity index is 1.88. The Bertz CT molecular complexity index is 1140. The molecule has 158 valence electrons. The topological polar surface area (TPSA) is 79.7 Å². The van der Waals surface area contributed by atoms with Crippen molar-refractivity contribution >= 4 is 33.9 Å². The van der Waals surface area contributed by atoms with Crippen LogP contribution in [-0.2, 0) is 9.59 Å². The number of aromatic nitrogens is 1. The molecule has 1 N–H and O–H groups in total. The molecule has 0 spiro atoms. The summed E-state index contributed by atoms with van der Waals surface area (Å²) in [5, 5.41) is 13.0. The number of halogens is 1. The molecule has 4 rings (SSSR count). The van der Waals surface area contributed by atoms with E-state index in [2.05, 4.69) is 4.98 Å². The highest BCUT2D eigenvalue weighted by Gasteiger charge is 2.48. The van der Waals surface area contributed by atoms with Crippen LogP contribution in [0.3, 0.4) is 0 Å². The average molecular weight is 438 g/mol. The van der Waals surface area contributed by atoms with Gasteiger partial charge in [-0.3, -0.25) is 14.5 Å². The van der Waals surface area contributed by atoms with Gasteiger partial charge in [-0.05, 0) is 48.4 Å². The smallest absolute Gasteiger partial charge is 0.301 e. The van der Waals surface area contributed by atoms with E-state index >= 15 is 0 Å². The summed E-state index contributed by atoms with van der Waals surface area (Å²) >= 11 is 1.21. The molecule has 0 bridgehead atoms. The molecular weight excluding hydrogens is 419 g/mol. The van der Waals surface area contributed by atoms with Crippen LogP contribution in [0.4, 0.5) is 9.52 Å². The third-order valence-electron chi connectivity index (χ3n) is 4.83. The minimum atomic E-state index is -0.902. The SMILES string of the molecule is CCCOc1cccc(C2/C(=C(\O)c3ccc(F)cc3)C(=O)C(=O)N2c2nccs2)c1. The second-order valence-electron chi connectivity index (χ2n) is 6.91. The van der Waals surface area contributed by atoms with Crippen LogP contribution in [0.25, 0.3) is 5.76 Å². The number of hydrogen-bond donors (Lipinski definition) is 1. The van der Waals surface area contributed by atoms with E-state index in [1.54, 1.807) is 29.6 Å². The third kappa shape index (κ3) is 3.94. The van der Waals surface area contributed by atoms with Gasteiger partial charge < -0.3 is 9.84 Å². The summed E-state index contributed by atoms with van der Waals surface area (Å²) in [5.74, 6) is -1.88. The second kappa shape index (κ2) is 8.69. The third-order valence-corrected chi connectivity index (χ3v) is 5.60. The fourth-order valence-electron chi connectivity index (χ4n) is 3.44. The zero-order valence-corrected chi connectivity index (χ0v) is 17.4. The Morgan fingerprint density at radius 3 is 2.68 bits per heavy atom. The molecule has 1 fully saturated rings. The van der Waals surface area contributed by atoms with Gasteiger partial charge in [0.1, 0.15) is 17.3 Å². The molecule has 1 aliphatic rings. The standard InChI is InChI=1S/C23H19FN2O4S/c1-2-11-30-17-5-3-4-15(13-17)19-18(20(27)14-6-8-16(24)9-7-14)21(28)22(29)26(19)23-25-10-12-31-23/h3-10,12-13,19,27H,2,11H2,1H3/b20-18+. The van der Waals surface area contributed by atoms with Gasteiger partial charge in [-0.1, -0.05) is 19.1 Å². The van der Waals surface area contributed by atoms with E-state index in [0.717, 1.165) is 6.42 Å². The maximum absolute atomic E-state index is 13.4. The Labute approximate surface area is 182 Å². The monoisotopic (exact) mass is 438 g/mol. The van der Waals surface area contributed by atoms with Crippen molar-refractivity contribution in [2.45, 2.75) is 19.4 Å². The van der Waals surface area contributed by atoms with Gasteiger partial charge in [0.25, 0.3) is 5.78 Å². The molecular formula is C23H19FN2O4S. The van der Waals surface area contributed by atoms with Crippen molar-refractivity contribution in [3.8, 4) is 5.75 Å². The van der Waals surface area contributed by atoms with Gasteiger partial charge in [-0.2, -0.15) is 0 Å². The van der Waals surface area contributed by atoms with E-state index in [1.165, 1.54) is 46.7 Å². The number of ether oxygens (including phenoxy) is 1. The summed E-state index contributed by atoms with van der Waals surface area (Å²) in [6.07, 6.45) is 2.36. The van der Waals surface area contributed by atoms with Crippen molar-refractivity contribution in [1.82, 2.24) is 4.98 Å². The van der Waals surface area contributed by atoms with Gasteiger partial charge in [0.05, 0.1) is 18.2 Å². The largest absolute Gasteiger partial charge is 0.507 e. The molecule has 1 aromatic heterocycles. The molecule has 1 amide bonds. The van der Waals surface area contributed by atoms with E-state index in [1.807, 2.05) is 6.92 Å². The van der Waals surface area contributed by atoms with Crippen molar-refractivity contribution in [2.24, 2.45) is 0 Å². The van der Waals surface area contributed by atoms with Crippen LogP contribution in [0, 0.1) is 5.82 Å². The van der Waals surface area contributed by atoms with E-state index < -0.39 is 23.5 Å². The summed E-state index contributed by atoms with van der Waals surface area (Å²) in [6, 6.07) is 11.2. The fraction of sp³-hybridized carbons (Fsp3) is 0.174. The minimum absolute atomic E-state index is 0.0838. The number of carbonyl (C=O) groups is 2. The lowest BCUT2D eigenvalue weighted by molar-refractivity contribution is -0.132. The van der Waals surface area contributed by atoms with Crippen LogP contribution in [0.5, 0.6) is 5.75 Å². The van der Waals surface area contributed by atoms with Gasteiger partial charge in [0.15, 0.2) is 5.13 Å². The molecule has 2 aromatic carbocycles. The van der Waals surface area contributed by atoms with E-state index in [-0.39, 0.29) is 16.9 Å². The first-order valence-corrected chi connectivity index (χ1v) is 10.6. The summed E-state index contributed by atoms with van der Waals surface area (Å²) in [5.41, 5.74) is 0.744. The summed E-state index contributed by atoms with van der Waals surface area (Å²) in [4.78, 5) is 31.4. The van der Waals surface area contributed by atoms with E-state index in [9.17, 15) is 19.1 Å². The average Bonchev–Trinajstić information content (AvgIpc) is 3.39. The lowest BCUT2D eigenvalue weighted by Gasteiger charge is -2.23. The number of aliphatic hydroxyl groups is 1. The lowest BCUT2D eigenvalue weighted by Crippen LogP contribution is -2.29. The van der Waals surface area contributed by atoms with Crippen molar-refractivity contribution < 1.29 is 23.8 Å². The van der Waals surface area contributed by atoms with Crippen LogP contribution in [0.1, 0.15) is 30.5 Å². The molecule has 1 aliphatic heterocycles. The molecule has 1 unspecified atom stereocenters. The predicted molar refractivity (Wildman–Crippen MR) is 116 cm³/mol. The van der Waals surface area contributed by atoms with Gasteiger partial charge in [0, 0.05) is 17.1 Å². The number of carbonyl (C=O) groups excluding carboxylic acids is 2. The van der Waals surface area contributed by atoms with Crippen molar-refractivity contribution in [1.29, 1.82) is 0 Å². The second-order valence-corrected chi connectivity index (χ2v) is 7.78. The molecule has 0 aliphatic carbocycles. The number of ketones is 1. The maximum atomic E-state index is 13.4. The highest BCUT2D eigenvalue weighted by Crippen LogP contribution is 2.43. The summed E-state index contributed by atoms with van der Waals surface area (Å²) < 4.78 is 19.1. The van der Waals surface area contributed by atoms with E-state index in [4.69, 9.17) is 4.74 Å². The molecule has 6 nitrogen and oxygen atoms in total. The number of hydrogen-bond acceptors (Lipinski definition) is 6. The van der Waals surface area contributed by atoms with Crippen LogP contribution < -0.4 is 9.64 Å². The Kier molecular flexibility index (Phi) is 5.81. The number of aliphatic hydroxyl groups excluding tert-OH is 1. The van der Waals surface area contributed by atoms with Crippen molar-refractivity contribution in [3.63, 3.8) is 0 Å². The summed E-state index contributed by atoms with van der Waals surface area (Å²) in [7, 11) is 0. The zero-order chi connectivity index (χ0) is 22.0. The molecule has 1 saturated heterocycles. The Hall–Kier alpha value is -3.52. The van der Waals surface area contributed by atoms with Gasteiger partial charge in [0.2, 0.25) is 0 Å². The molecule has 0 saturated carbocycles. The van der Waals surface area contributed by atoms with E-state index in [0.29, 0.717) is 23.1 Å². The van der Waals surface area contributed by atoms with Gasteiger partial charge in [-0.15, -0.1) is 11.3 Å². The quantitative estimate of drug-likeness (QED) is 0.343. The Morgan fingerprint density at radius 1 is 1.23 bits per heavy atom. The number of rotatable bonds is 6. The van der Waals surface area contributed by atoms with Crippen LogP contribution >= 0.6 is 11.3 Å². The number of Topliss-reactive ketones (excluding diaryl/α,β-unsaturated/α-hetero) is 1. The fourth-order valence-corrected chi connectivity index (χ4v) is 4.10. The molecule has 3 aromatic rings. The number of amides is 1. The molecule has 31 heavy (non-hydrogen) atoms. The highest BCUT2D eigenvalue weighted by molar-refractivity contribution is 7.14. The first kappa shape index (κ1) is 20.7. The van der Waals surface area contributed by atoms with Crippen LogP contribution in [0.2, 0.25) is 0 Å². The lowest BCUT2D eigenvalue weighted by atomic mass is 9.95. The normalized spacial score (nSPS) is 17.9. The van der Waals surface area contributed by atoms with Gasteiger partial charge in [-0.25, -0.2) is 9.37 Å². The highest BCUT2D eigenvalue weighted by atomic mass is 32.1. The number of thiazole rings is 1. The Morgan fingerprint density at radius 2 is 2.00 bits per heavy atom. The summed E-state index contributed by atoms with van der Waals surface area (Å²) in [6.45, 7) is 2.51. The first-order chi connectivity index (χ1) is 15.0. The molecule has 2 heterocycles. The minimum Gasteiger partial charge on any atom is -0.507 e. The maximum Gasteiger partial charge on any atom is 0.301 e.